The van der Waals surface area contributed by atoms with Gasteiger partial charge in [0.1, 0.15) is 5.15 Å². The lowest BCUT2D eigenvalue weighted by Gasteiger charge is -2.07. The molecule has 0 unspecified atom stereocenters. The molecule has 0 aliphatic carbocycles. The lowest BCUT2D eigenvalue weighted by molar-refractivity contribution is 0.355. The number of pyridine rings is 1. The maximum Gasteiger partial charge on any atom is 0.277 e. The summed E-state index contributed by atoms with van der Waals surface area (Å²) in [5.41, 5.74) is 1.79. The van der Waals surface area contributed by atoms with Crippen molar-refractivity contribution in [1.29, 1.82) is 0 Å². The molecule has 6 nitrogen and oxygen atoms in total. The summed E-state index contributed by atoms with van der Waals surface area (Å²) in [5.74, 6) is 2.34. The first-order chi connectivity index (χ1) is 11.7. The molecule has 0 atom stereocenters. The average Bonchev–Trinajstić information content (AvgIpc) is 3.09. The molecular formula is C16H14ClN3O3S. The van der Waals surface area contributed by atoms with Gasteiger partial charge < -0.3 is 13.9 Å². The van der Waals surface area contributed by atoms with Crippen LogP contribution in [0.15, 0.2) is 46.2 Å². The summed E-state index contributed by atoms with van der Waals surface area (Å²) in [4.78, 5) is 4.04. The van der Waals surface area contributed by atoms with Gasteiger partial charge >= 0.3 is 0 Å². The van der Waals surface area contributed by atoms with E-state index >= 15 is 0 Å². The van der Waals surface area contributed by atoms with Crippen LogP contribution in [-0.2, 0) is 5.75 Å². The molecule has 2 heterocycles. The molecule has 8 heteroatoms. The van der Waals surface area contributed by atoms with Crippen molar-refractivity contribution in [3.63, 3.8) is 0 Å². The Morgan fingerprint density at radius 1 is 1.08 bits per heavy atom. The summed E-state index contributed by atoms with van der Waals surface area (Å²) >= 11 is 7.20. The SMILES string of the molecule is COc1ccc(-c2nnc(SCc3ccc(Cl)nc3)o2)cc1OC. The predicted octanol–water partition coefficient (Wildman–Crippen LogP) is 4.09. The fraction of sp³-hybridized carbons (Fsp3) is 0.188. The summed E-state index contributed by atoms with van der Waals surface area (Å²) in [6.45, 7) is 0. The monoisotopic (exact) mass is 363 g/mol. The third kappa shape index (κ3) is 3.80. The number of aromatic nitrogens is 3. The van der Waals surface area contributed by atoms with E-state index in [0.29, 0.717) is 33.5 Å². The van der Waals surface area contributed by atoms with Gasteiger partial charge in [-0.2, -0.15) is 0 Å². The normalized spacial score (nSPS) is 10.6. The summed E-state index contributed by atoms with van der Waals surface area (Å²) < 4.78 is 16.2. The van der Waals surface area contributed by atoms with Crippen LogP contribution >= 0.6 is 23.4 Å². The van der Waals surface area contributed by atoms with Gasteiger partial charge in [-0.15, -0.1) is 10.2 Å². The van der Waals surface area contributed by atoms with Crippen LogP contribution < -0.4 is 9.47 Å². The first-order valence-corrected chi connectivity index (χ1v) is 8.35. The molecule has 0 saturated carbocycles. The van der Waals surface area contributed by atoms with E-state index in [1.165, 1.54) is 11.8 Å². The highest BCUT2D eigenvalue weighted by atomic mass is 35.5. The van der Waals surface area contributed by atoms with Gasteiger partial charge in [0.05, 0.1) is 14.2 Å². The molecule has 24 heavy (non-hydrogen) atoms. The fourth-order valence-electron chi connectivity index (χ4n) is 1.99. The lowest BCUT2D eigenvalue weighted by atomic mass is 10.2. The van der Waals surface area contributed by atoms with E-state index in [4.69, 9.17) is 25.5 Å². The van der Waals surface area contributed by atoms with E-state index in [1.807, 2.05) is 12.1 Å². The third-order valence-corrected chi connectivity index (χ3v) is 4.30. The van der Waals surface area contributed by atoms with Crippen LogP contribution in [0.4, 0.5) is 0 Å². The van der Waals surface area contributed by atoms with Gasteiger partial charge in [-0.3, -0.25) is 0 Å². The van der Waals surface area contributed by atoms with Gasteiger partial charge in [-0.05, 0) is 29.8 Å². The smallest absolute Gasteiger partial charge is 0.277 e. The second kappa shape index (κ2) is 7.55. The van der Waals surface area contributed by atoms with Gasteiger partial charge in [0.25, 0.3) is 5.22 Å². The van der Waals surface area contributed by atoms with E-state index in [0.717, 1.165) is 11.1 Å². The number of nitrogens with zero attached hydrogens (tertiary/aromatic N) is 3. The Morgan fingerprint density at radius 2 is 1.92 bits per heavy atom. The van der Waals surface area contributed by atoms with Gasteiger partial charge in [0.2, 0.25) is 5.89 Å². The molecule has 0 aliphatic heterocycles. The number of methoxy groups -OCH3 is 2. The van der Waals surface area contributed by atoms with Gasteiger partial charge in [0, 0.05) is 17.5 Å². The number of thioether (sulfide) groups is 1. The Bertz CT molecular complexity index is 824. The number of benzene rings is 1. The highest BCUT2D eigenvalue weighted by Crippen LogP contribution is 2.33. The number of halogens is 1. The molecule has 0 amide bonds. The van der Waals surface area contributed by atoms with Crippen LogP contribution in [-0.4, -0.2) is 29.4 Å². The van der Waals surface area contributed by atoms with Crippen molar-refractivity contribution < 1.29 is 13.9 Å². The molecule has 0 N–H and O–H groups in total. The average molecular weight is 364 g/mol. The van der Waals surface area contributed by atoms with Crippen LogP contribution in [0.25, 0.3) is 11.5 Å². The zero-order valence-electron chi connectivity index (χ0n) is 13.0. The zero-order chi connectivity index (χ0) is 16.9. The Labute approximate surface area is 148 Å². The summed E-state index contributed by atoms with van der Waals surface area (Å²) in [6.07, 6.45) is 1.72. The Balaban J connectivity index is 1.72. The van der Waals surface area contributed by atoms with Crippen LogP contribution in [0.1, 0.15) is 5.56 Å². The number of ether oxygens (including phenoxy) is 2. The molecule has 0 bridgehead atoms. The number of hydrogen-bond acceptors (Lipinski definition) is 7. The minimum atomic E-state index is 0.424. The van der Waals surface area contributed by atoms with Crippen molar-refractivity contribution in [2.45, 2.75) is 11.0 Å². The lowest BCUT2D eigenvalue weighted by Crippen LogP contribution is -1.90. The molecule has 2 aromatic heterocycles. The Hall–Kier alpha value is -2.25. The molecule has 0 spiro atoms. The second-order valence-electron chi connectivity index (χ2n) is 4.72. The second-order valence-corrected chi connectivity index (χ2v) is 6.03. The molecule has 1 aromatic carbocycles. The summed E-state index contributed by atoms with van der Waals surface area (Å²) in [7, 11) is 3.17. The van der Waals surface area contributed by atoms with E-state index in [2.05, 4.69) is 15.2 Å². The highest BCUT2D eigenvalue weighted by Gasteiger charge is 2.12. The standard InChI is InChI=1S/C16H14ClN3O3S/c1-21-12-5-4-11(7-13(12)22-2)15-19-20-16(23-15)24-9-10-3-6-14(17)18-8-10/h3-8H,9H2,1-2H3. The predicted molar refractivity (Wildman–Crippen MR) is 91.6 cm³/mol. The van der Waals surface area contributed by atoms with Gasteiger partial charge in [-0.1, -0.05) is 29.4 Å². The van der Waals surface area contributed by atoms with Crippen molar-refractivity contribution in [2.75, 3.05) is 14.2 Å². The molecule has 0 fully saturated rings. The molecule has 3 rings (SSSR count). The fourth-order valence-corrected chi connectivity index (χ4v) is 2.80. The van der Waals surface area contributed by atoms with Crippen LogP contribution in [0.2, 0.25) is 5.15 Å². The molecule has 0 radical (unpaired) electrons. The minimum absolute atomic E-state index is 0.424. The Morgan fingerprint density at radius 3 is 2.62 bits per heavy atom. The van der Waals surface area contributed by atoms with Crippen molar-refractivity contribution >= 4 is 23.4 Å². The van der Waals surface area contributed by atoms with E-state index in [1.54, 1.807) is 38.6 Å². The first-order valence-electron chi connectivity index (χ1n) is 6.98. The first kappa shape index (κ1) is 16.6. The summed E-state index contributed by atoms with van der Waals surface area (Å²) in [6, 6.07) is 9.09. The highest BCUT2D eigenvalue weighted by molar-refractivity contribution is 7.98. The third-order valence-electron chi connectivity index (χ3n) is 3.19. The van der Waals surface area contributed by atoms with Crippen LogP contribution in [0.5, 0.6) is 11.5 Å². The molecule has 0 aliphatic rings. The molecule has 3 aromatic rings. The minimum Gasteiger partial charge on any atom is -0.493 e. The van der Waals surface area contributed by atoms with Crippen LogP contribution in [0.3, 0.4) is 0 Å². The molecule has 0 saturated heterocycles. The van der Waals surface area contributed by atoms with E-state index < -0.39 is 0 Å². The van der Waals surface area contributed by atoms with Gasteiger partial charge in [0.15, 0.2) is 11.5 Å². The van der Waals surface area contributed by atoms with Gasteiger partial charge in [-0.25, -0.2) is 4.98 Å². The topological polar surface area (TPSA) is 70.3 Å². The maximum atomic E-state index is 5.77. The summed E-state index contributed by atoms with van der Waals surface area (Å²) in [5, 5.41) is 9.08. The van der Waals surface area contributed by atoms with Crippen molar-refractivity contribution in [3.05, 3.63) is 47.2 Å². The Kier molecular flexibility index (Phi) is 5.22. The number of rotatable bonds is 6. The van der Waals surface area contributed by atoms with Crippen LogP contribution in [0, 0.1) is 0 Å². The van der Waals surface area contributed by atoms with Crippen molar-refractivity contribution in [1.82, 2.24) is 15.2 Å². The van der Waals surface area contributed by atoms with Crippen molar-refractivity contribution in [3.8, 4) is 23.0 Å². The maximum absolute atomic E-state index is 5.77. The molecule has 124 valence electrons. The quantitative estimate of drug-likeness (QED) is 0.482. The van der Waals surface area contributed by atoms with Crippen molar-refractivity contribution in [2.24, 2.45) is 0 Å². The zero-order valence-corrected chi connectivity index (χ0v) is 14.6. The number of hydrogen-bond donors (Lipinski definition) is 0. The van der Waals surface area contributed by atoms with E-state index in [9.17, 15) is 0 Å². The largest absolute Gasteiger partial charge is 0.493 e. The van der Waals surface area contributed by atoms with E-state index in [-0.39, 0.29) is 0 Å². The molecular weight excluding hydrogens is 350 g/mol.